The van der Waals surface area contributed by atoms with Crippen LogP contribution in [0.25, 0.3) is 11.1 Å². The van der Waals surface area contributed by atoms with Gasteiger partial charge >= 0.3 is 0 Å². The fourth-order valence-electron chi connectivity index (χ4n) is 3.83. The molecule has 0 atom stereocenters. The predicted octanol–water partition coefficient (Wildman–Crippen LogP) is 6.48. The molecule has 0 aliphatic carbocycles. The number of benzene rings is 4. The summed E-state index contributed by atoms with van der Waals surface area (Å²) in [5.41, 5.74) is 3.47. The summed E-state index contributed by atoms with van der Waals surface area (Å²) in [7, 11) is 4.72. The molecule has 0 heterocycles. The van der Waals surface area contributed by atoms with Gasteiger partial charge in [-0.15, -0.1) is 0 Å². The SMILES string of the molecule is COc1cccc(C(=O)NCCNc2cccc(NSc3cc(-c4cc(OC)ccc4F)ccc3OC)c2)c1. The molecule has 0 aliphatic rings. The van der Waals surface area contributed by atoms with Gasteiger partial charge in [0.25, 0.3) is 5.91 Å². The minimum absolute atomic E-state index is 0.160. The number of anilines is 2. The number of hydrogen-bond acceptors (Lipinski definition) is 7. The van der Waals surface area contributed by atoms with Crippen molar-refractivity contribution in [2.75, 3.05) is 44.5 Å². The lowest BCUT2D eigenvalue weighted by molar-refractivity contribution is 0.0955. The van der Waals surface area contributed by atoms with Gasteiger partial charge in [-0.05, 0) is 84.2 Å². The molecule has 1 amide bonds. The van der Waals surface area contributed by atoms with Gasteiger partial charge < -0.3 is 29.6 Å². The first kappa shape index (κ1) is 27.7. The number of carbonyl (C=O) groups excluding carboxylic acids is 1. The summed E-state index contributed by atoms with van der Waals surface area (Å²) in [5, 5.41) is 6.22. The average molecular weight is 548 g/mol. The number of ether oxygens (including phenoxy) is 3. The number of methoxy groups -OCH3 is 3. The zero-order valence-corrected chi connectivity index (χ0v) is 22.7. The van der Waals surface area contributed by atoms with Gasteiger partial charge in [0.1, 0.15) is 23.1 Å². The first-order valence-electron chi connectivity index (χ1n) is 12.2. The Morgan fingerprint density at radius 3 is 2.36 bits per heavy atom. The molecule has 3 N–H and O–H groups in total. The quantitative estimate of drug-likeness (QED) is 0.138. The highest BCUT2D eigenvalue weighted by atomic mass is 32.2. The smallest absolute Gasteiger partial charge is 0.251 e. The van der Waals surface area contributed by atoms with E-state index in [0.717, 1.165) is 16.3 Å². The molecule has 0 radical (unpaired) electrons. The summed E-state index contributed by atoms with van der Waals surface area (Å²) in [6.07, 6.45) is 0. The predicted molar refractivity (Wildman–Crippen MR) is 155 cm³/mol. The van der Waals surface area contributed by atoms with Crippen molar-refractivity contribution < 1.29 is 23.4 Å². The molecule has 39 heavy (non-hydrogen) atoms. The molecule has 0 aromatic heterocycles. The van der Waals surface area contributed by atoms with Crippen molar-refractivity contribution in [3.63, 3.8) is 0 Å². The molecule has 0 aliphatic heterocycles. The summed E-state index contributed by atoms with van der Waals surface area (Å²) in [4.78, 5) is 13.2. The Morgan fingerprint density at radius 2 is 1.56 bits per heavy atom. The van der Waals surface area contributed by atoms with E-state index in [1.807, 2.05) is 42.5 Å². The fourth-order valence-corrected chi connectivity index (χ4v) is 4.63. The summed E-state index contributed by atoms with van der Waals surface area (Å²) >= 11 is 1.37. The van der Waals surface area contributed by atoms with Gasteiger partial charge in [-0.1, -0.05) is 18.2 Å². The molecule has 7 nitrogen and oxygen atoms in total. The van der Waals surface area contributed by atoms with E-state index in [4.69, 9.17) is 14.2 Å². The standard InChI is InChI=1S/C30H30FN3O4S/c1-36-24-9-4-6-21(16-24)30(35)33-15-14-32-22-7-5-8-23(18-22)34-39-29-17-20(10-13-28(29)38-3)26-19-25(37-2)11-12-27(26)31/h4-13,16-19,32,34H,14-15H2,1-3H3,(H,33,35). The topological polar surface area (TPSA) is 80.9 Å². The normalized spacial score (nSPS) is 10.5. The highest BCUT2D eigenvalue weighted by Crippen LogP contribution is 2.36. The van der Waals surface area contributed by atoms with Crippen LogP contribution in [-0.4, -0.2) is 40.3 Å². The van der Waals surface area contributed by atoms with Crippen LogP contribution in [0.4, 0.5) is 15.8 Å². The zero-order valence-electron chi connectivity index (χ0n) is 21.9. The third-order valence-corrected chi connectivity index (χ3v) is 6.74. The lowest BCUT2D eigenvalue weighted by Crippen LogP contribution is -2.28. The summed E-state index contributed by atoms with van der Waals surface area (Å²) < 4.78 is 33.8. The second-order valence-corrected chi connectivity index (χ2v) is 9.26. The van der Waals surface area contributed by atoms with Gasteiger partial charge in [0, 0.05) is 35.6 Å². The van der Waals surface area contributed by atoms with Gasteiger partial charge in [-0.3, -0.25) is 4.79 Å². The lowest BCUT2D eigenvalue weighted by atomic mass is 10.0. The monoisotopic (exact) mass is 547 g/mol. The molecule has 4 rings (SSSR count). The zero-order chi connectivity index (χ0) is 27.6. The number of carbonyl (C=O) groups is 1. The number of hydrogen-bond donors (Lipinski definition) is 3. The molecular formula is C30H30FN3O4S. The van der Waals surface area contributed by atoms with Crippen molar-refractivity contribution in [2.24, 2.45) is 0 Å². The first-order chi connectivity index (χ1) is 19.0. The van der Waals surface area contributed by atoms with Crippen molar-refractivity contribution in [2.45, 2.75) is 4.90 Å². The van der Waals surface area contributed by atoms with E-state index in [0.29, 0.717) is 47.0 Å². The summed E-state index contributed by atoms with van der Waals surface area (Å²) in [6.45, 7) is 1.00. The molecule has 9 heteroatoms. The molecule has 0 bridgehead atoms. The second-order valence-electron chi connectivity index (χ2n) is 8.41. The maximum absolute atomic E-state index is 14.5. The lowest BCUT2D eigenvalue weighted by Gasteiger charge is -2.14. The molecular weight excluding hydrogens is 517 g/mol. The third kappa shape index (κ3) is 7.36. The first-order valence-corrected chi connectivity index (χ1v) is 13.0. The molecule has 0 saturated carbocycles. The minimum atomic E-state index is -0.330. The van der Waals surface area contributed by atoms with Crippen LogP contribution in [0.1, 0.15) is 10.4 Å². The maximum Gasteiger partial charge on any atom is 0.251 e. The fraction of sp³-hybridized carbons (Fsp3) is 0.167. The van der Waals surface area contributed by atoms with Crippen LogP contribution in [0.15, 0.2) is 89.8 Å². The van der Waals surface area contributed by atoms with E-state index in [1.165, 1.54) is 18.0 Å². The van der Waals surface area contributed by atoms with Crippen LogP contribution in [0.2, 0.25) is 0 Å². The van der Waals surface area contributed by atoms with E-state index in [9.17, 15) is 9.18 Å². The van der Waals surface area contributed by atoms with E-state index < -0.39 is 0 Å². The van der Waals surface area contributed by atoms with Gasteiger partial charge in [0.2, 0.25) is 0 Å². The Labute approximate surface area is 231 Å². The van der Waals surface area contributed by atoms with Crippen LogP contribution in [0.5, 0.6) is 17.2 Å². The Bertz CT molecular complexity index is 1430. The Hall–Kier alpha value is -4.37. The number of amides is 1. The van der Waals surface area contributed by atoms with Crippen LogP contribution < -0.4 is 29.6 Å². The number of nitrogens with one attached hydrogen (secondary N) is 3. The highest BCUT2D eigenvalue weighted by Gasteiger charge is 2.12. The van der Waals surface area contributed by atoms with Crippen molar-refractivity contribution >= 4 is 29.2 Å². The Kier molecular flexibility index (Phi) is 9.53. The number of halogens is 1. The molecule has 4 aromatic rings. The highest BCUT2D eigenvalue weighted by molar-refractivity contribution is 8.00. The van der Waals surface area contributed by atoms with E-state index in [-0.39, 0.29) is 11.7 Å². The average Bonchev–Trinajstić information content (AvgIpc) is 2.98. The Balaban J connectivity index is 1.35. The van der Waals surface area contributed by atoms with Crippen LogP contribution in [0, 0.1) is 5.82 Å². The minimum Gasteiger partial charge on any atom is -0.497 e. The van der Waals surface area contributed by atoms with E-state index in [2.05, 4.69) is 15.4 Å². The van der Waals surface area contributed by atoms with Crippen molar-refractivity contribution in [3.05, 3.63) is 96.3 Å². The Morgan fingerprint density at radius 1 is 0.795 bits per heavy atom. The number of rotatable bonds is 12. The third-order valence-electron chi connectivity index (χ3n) is 5.86. The van der Waals surface area contributed by atoms with Gasteiger partial charge in [-0.2, -0.15) is 0 Å². The van der Waals surface area contributed by atoms with Crippen molar-refractivity contribution in [1.29, 1.82) is 0 Å². The summed E-state index contributed by atoms with van der Waals surface area (Å²) in [6, 6.07) is 25.0. The van der Waals surface area contributed by atoms with Gasteiger partial charge in [0.15, 0.2) is 0 Å². The van der Waals surface area contributed by atoms with Crippen molar-refractivity contribution in [1.82, 2.24) is 5.32 Å². The van der Waals surface area contributed by atoms with Gasteiger partial charge in [-0.25, -0.2) is 4.39 Å². The molecule has 0 saturated heterocycles. The molecule has 0 spiro atoms. The maximum atomic E-state index is 14.5. The van der Waals surface area contributed by atoms with E-state index in [1.54, 1.807) is 57.7 Å². The molecule has 0 fully saturated rings. The molecule has 4 aromatic carbocycles. The van der Waals surface area contributed by atoms with Crippen LogP contribution >= 0.6 is 11.9 Å². The van der Waals surface area contributed by atoms with E-state index >= 15 is 0 Å². The summed E-state index contributed by atoms with van der Waals surface area (Å²) in [5.74, 6) is 1.40. The van der Waals surface area contributed by atoms with Crippen LogP contribution in [0.3, 0.4) is 0 Å². The van der Waals surface area contributed by atoms with Crippen molar-refractivity contribution in [3.8, 4) is 28.4 Å². The van der Waals surface area contributed by atoms with Crippen LogP contribution in [-0.2, 0) is 0 Å². The molecule has 0 unspecified atom stereocenters. The molecule has 202 valence electrons. The van der Waals surface area contributed by atoms with Gasteiger partial charge in [0.05, 0.1) is 26.2 Å². The second kappa shape index (κ2) is 13.4. The largest absolute Gasteiger partial charge is 0.497 e.